The normalized spacial score (nSPS) is 37.3. The van der Waals surface area contributed by atoms with Crippen LogP contribution in [0.5, 0.6) is 0 Å². The summed E-state index contributed by atoms with van der Waals surface area (Å²) in [5, 5.41) is 11.9. The largest absolute Gasteiger partial charge is 0.311 e. The molecule has 72 valence electrons. The van der Waals surface area contributed by atoms with Crippen LogP contribution in [0.4, 0.5) is 0 Å². The van der Waals surface area contributed by atoms with E-state index in [1.807, 2.05) is 0 Å². The van der Waals surface area contributed by atoms with Crippen molar-refractivity contribution in [1.82, 2.24) is 10.2 Å². The number of piperidine rings is 3. The third-order valence-electron chi connectivity index (χ3n) is 3.30. The number of hydrogen-bond donors (Lipinski definition) is 1. The van der Waals surface area contributed by atoms with Crippen LogP contribution in [0, 0.1) is 17.2 Å². The summed E-state index contributed by atoms with van der Waals surface area (Å²) >= 11 is 0. The molecule has 13 heavy (non-hydrogen) atoms. The maximum atomic E-state index is 8.43. The SMILES string of the molecule is N#CCCNC1CN2CCC1CC2. The molecule has 0 spiro atoms. The Bertz CT molecular complexity index is 201. The predicted octanol–water partition coefficient (Wildman–Crippen LogP) is 0.584. The van der Waals surface area contributed by atoms with Crippen LogP contribution >= 0.6 is 0 Å². The van der Waals surface area contributed by atoms with Crippen LogP contribution < -0.4 is 5.32 Å². The van der Waals surface area contributed by atoms with Crippen molar-refractivity contribution in [1.29, 1.82) is 5.26 Å². The van der Waals surface area contributed by atoms with Crippen molar-refractivity contribution >= 4 is 0 Å². The minimum absolute atomic E-state index is 0.642. The van der Waals surface area contributed by atoms with E-state index in [4.69, 9.17) is 5.26 Å². The molecule has 0 aromatic rings. The summed E-state index contributed by atoms with van der Waals surface area (Å²) in [6.07, 6.45) is 3.34. The second-order valence-electron chi connectivity index (χ2n) is 4.11. The molecule has 3 saturated heterocycles. The van der Waals surface area contributed by atoms with Crippen molar-refractivity contribution in [3.8, 4) is 6.07 Å². The minimum Gasteiger partial charge on any atom is -0.311 e. The molecule has 0 saturated carbocycles. The molecule has 0 aromatic heterocycles. The summed E-state index contributed by atoms with van der Waals surface area (Å²) in [4.78, 5) is 2.53. The first-order chi connectivity index (χ1) is 6.40. The van der Waals surface area contributed by atoms with Gasteiger partial charge in [0, 0.05) is 25.6 Å². The van der Waals surface area contributed by atoms with Gasteiger partial charge in [-0.2, -0.15) is 5.26 Å². The highest BCUT2D eigenvalue weighted by Gasteiger charge is 2.33. The first kappa shape index (κ1) is 8.98. The fourth-order valence-corrected chi connectivity index (χ4v) is 2.51. The van der Waals surface area contributed by atoms with Gasteiger partial charge in [-0.05, 0) is 31.8 Å². The van der Waals surface area contributed by atoms with Crippen molar-refractivity contribution in [3.05, 3.63) is 0 Å². The lowest BCUT2D eigenvalue weighted by Crippen LogP contribution is -2.56. The Morgan fingerprint density at radius 1 is 1.38 bits per heavy atom. The van der Waals surface area contributed by atoms with E-state index < -0.39 is 0 Å². The summed E-state index contributed by atoms with van der Waals surface area (Å²) in [5.41, 5.74) is 0. The van der Waals surface area contributed by atoms with Gasteiger partial charge in [-0.3, -0.25) is 0 Å². The van der Waals surface area contributed by atoms with Gasteiger partial charge in [0.15, 0.2) is 0 Å². The van der Waals surface area contributed by atoms with E-state index in [9.17, 15) is 0 Å². The summed E-state index contributed by atoms with van der Waals surface area (Å²) in [6.45, 7) is 4.66. The maximum absolute atomic E-state index is 8.43. The van der Waals surface area contributed by atoms with E-state index in [-0.39, 0.29) is 0 Å². The molecule has 0 aliphatic carbocycles. The van der Waals surface area contributed by atoms with Crippen molar-refractivity contribution in [2.24, 2.45) is 5.92 Å². The Morgan fingerprint density at radius 2 is 2.15 bits per heavy atom. The highest BCUT2D eigenvalue weighted by Crippen LogP contribution is 2.27. The zero-order valence-corrected chi connectivity index (χ0v) is 8.00. The molecule has 3 aliphatic rings. The van der Waals surface area contributed by atoms with Gasteiger partial charge in [-0.25, -0.2) is 0 Å². The molecule has 1 N–H and O–H groups in total. The molecule has 0 aromatic carbocycles. The molecule has 3 fully saturated rings. The van der Waals surface area contributed by atoms with Gasteiger partial charge < -0.3 is 10.2 Å². The molecule has 3 aliphatic heterocycles. The molecule has 1 atom stereocenters. The lowest BCUT2D eigenvalue weighted by molar-refractivity contribution is 0.0732. The Balaban J connectivity index is 1.77. The molecule has 1 unspecified atom stereocenters. The van der Waals surface area contributed by atoms with Gasteiger partial charge >= 0.3 is 0 Å². The van der Waals surface area contributed by atoms with Crippen LogP contribution in [-0.4, -0.2) is 37.1 Å². The van der Waals surface area contributed by atoms with Crippen LogP contribution in [-0.2, 0) is 0 Å². The summed E-state index contributed by atoms with van der Waals surface area (Å²) in [5.74, 6) is 0.878. The quantitative estimate of drug-likeness (QED) is 0.644. The van der Waals surface area contributed by atoms with Crippen LogP contribution in [0.25, 0.3) is 0 Å². The van der Waals surface area contributed by atoms with Crippen molar-refractivity contribution < 1.29 is 0 Å². The topological polar surface area (TPSA) is 39.1 Å². The maximum Gasteiger partial charge on any atom is 0.0635 e. The minimum atomic E-state index is 0.642. The van der Waals surface area contributed by atoms with E-state index in [0.29, 0.717) is 12.5 Å². The second kappa shape index (κ2) is 4.08. The first-order valence-electron chi connectivity index (χ1n) is 5.23. The van der Waals surface area contributed by atoms with E-state index in [1.54, 1.807) is 0 Å². The number of fused-ring (bicyclic) bond motifs is 3. The van der Waals surface area contributed by atoms with Gasteiger partial charge in [-0.15, -0.1) is 0 Å². The molecule has 3 heterocycles. The lowest BCUT2D eigenvalue weighted by Gasteiger charge is -2.45. The highest BCUT2D eigenvalue weighted by molar-refractivity contribution is 4.91. The number of rotatable bonds is 3. The fraction of sp³-hybridized carbons (Fsp3) is 0.900. The molecular weight excluding hydrogens is 162 g/mol. The molecule has 3 rings (SSSR count). The van der Waals surface area contributed by atoms with E-state index >= 15 is 0 Å². The second-order valence-corrected chi connectivity index (χ2v) is 4.11. The Hall–Kier alpha value is -0.590. The van der Waals surface area contributed by atoms with Crippen LogP contribution in [0.15, 0.2) is 0 Å². The zero-order chi connectivity index (χ0) is 9.10. The Morgan fingerprint density at radius 3 is 2.69 bits per heavy atom. The molecular formula is C10H17N3. The number of nitrogens with zero attached hydrogens (tertiary/aromatic N) is 2. The highest BCUT2D eigenvalue weighted by atomic mass is 15.2. The van der Waals surface area contributed by atoms with E-state index in [1.165, 1.54) is 32.5 Å². The average Bonchev–Trinajstić information content (AvgIpc) is 2.20. The Labute approximate surface area is 79.7 Å². The monoisotopic (exact) mass is 179 g/mol. The van der Waals surface area contributed by atoms with Gasteiger partial charge in [0.2, 0.25) is 0 Å². The molecule has 2 bridgehead atoms. The average molecular weight is 179 g/mol. The van der Waals surface area contributed by atoms with Crippen molar-refractivity contribution in [3.63, 3.8) is 0 Å². The van der Waals surface area contributed by atoms with E-state index in [2.05, 4.69) is 16.3 Å². The number of nitriles is 1. The fourth-order valence-electron chi connectivity index (χ4n) is 2.51. The number of nitrogens with one attached hydrogen (secondary N) is 1. The molecule has 3 nitrogen and oxygen atoms in total. The first-order valence-corrected chi connectivity index (χ1v) is 5.23. The van der Waals surface area contributed by atoms with Gasteiger partial charge in [0.1, 0.15) is 0 Å². The zero-order valence-electron chi connectivity index (χ0n) is 8.00. The van der Waals surface area contributed by atoms with Crippen molar-refractivity contribution in [2.75, 3.05) is 26.2 Å². The predicted molar refractivity (Wildman–Crippen MR) is 51.2 cm³/mol. The van der Waals surface area contributed by atoms with Crippen LogP contribution in [0.2, 0.25) is 0 Å². The smallest absolute Gasteiger partial charge is 0.0635 e. The van der Waals surface area contributed by atoms with Gasteiger partial charge in [0.05, 0.1) is 6.07 Å². The Kier molecular flexibility index (Phi) is 2.82. The van der Waals surface area contributed by atoms with Crippen LogP contribution in [0.1, 0.15) is 19.3 Å². The molecule has 0 radical (unpaired) electrons. The standard InChI is InChI=1S/C10H17N3/c11-4-1-5-12-10-8-13-6-2-9(10)3-7-13/h9-10,12H,1-3,5-8H2. The lowest BCUT2D eigenvalue weighted by atomic mass is 9.84. The number of hydrogen-bond acceptors (Lipinski definition) is 3. The molecule has 0 amide bonds. The van der Waals surface area contributed by atoms with Crippen molar-refractivity contribution in [2.45, 2.75) is 25.3 Å². The molecule has 3 heteroatoms. The van der Waals surface area contributed by atoms with Crippen LogP contribution in [0.3, 0.4) is 0 Å². The van der Waals surface area contributed by atoms with E-state index in [0.717, 1.165) is 12.5 Å². The summed E-state index contributed by atoms with van der Waals surface area (Å²) < 4.78 is 0. The third kappa shape index (κ3) is 2.01. The van der Waals surface area contributed by atoms with Gasteiger partial charge in [0.25, 0.3) is 0 Å². The van der Waals surface area contributed by atoms with Gasteiger partial charge in [-0.1, -0.05) is 0 Å². The summed E-state index contributed by atoms with van der Waals surface area (Å²) in [7, 11) is 0. The summed E-state index contributed by atoms with van der Waals surface area (Å²) in [6, 6.07) is 2.84. The third-order valence-corrected chi connectivity index (χ3v) is 3.30.